The lowest BCUT2D eigenvalue weighted by molar-refractivity contribution is -0.161. The number of hydrogen-bond donors (Lipinski definition) is 3. The molecule has 2 unspecified atom stereocenters. The lowest BCUT2D eigenvalue weighted by Gasteiger charge is -2.21. The summed E-state index contributed by atoms with van der Waals surface area (Å²) in [6.07, 6.45) is 50.4. The summed E-state index contributed by atoms with van der Waals surface area (Å²) in [5.41, 5.74) is 0. The molecule has 0 saturated carbocycles. The van der Waals surface area contributed by atoms with Crippen LogP contribution in [0.25, 0.3) is 0 Å². The average Bonchev–Trinajstić information content (AvgIpc) is 3.51. The quantitative estimate of drug-likeness (QED) is 0.0222. The predicted molar refractivity (Wildman–Crippen MR) is 345 cm³/mol. The van der Waals surface area contributed by atoms with E-state index in [0.29, 0.717) is 25.7 Å². The summed E-state index contributed by atoms with van der Waals surface area (Å²) >= 11 is 0. The summed E-state index contributed by atoms with van der Waals surface area (Å²) in [5, 5.41) is 10.5. The monoisotopic (exact) mass is 1270 g/mol. The minimum atomic E-state index is -4.94. The Kier molecular flexibility index (Phi) is 60.5. The van der Waals surface area contributed by atoms with Gasteiger partial charge in [-0.25, -0.2) is 9.13 Å². The minimum absolute atomic E-state index is 0.0555. The van der Waals surface area contributed by atoms with Gasteiger partial charge in [-0.15, -0.1) is 0 Å². The maximum absolute atomic E-state index is 13.0. The van der Waals surface area contributed by atoms with Crippen LogP contribution >= 0.6 is 15.6 Å². The van der Waals surface area contributed by atoms with Crippen LogP contribution in [0, 0.1) is 0 Å². The molecule has 0 bridgehead atoms. The van der Waals surface area contributed by atoms with E-state index in [4.69, 9.17) is 37.0 Å². The van der Waals surface area contributed by atoms with Crippen molar-refractivity contribution in [1.29, 1.82) is 0 Å². The van der Waals surface area contributed by atoms with Gasteiger partial charge in [-0.3, -0.25) is 37.3 Å². The van der Waals surface area contributed by atoms with E-state index in [1.807, 2.05) is 0 Å². The highest BCUT2D eigenvalue weighted by atomic mass is 31.2. The van der Waals surface area contributed by atoms with Crippen LogP contribution in [0.1, 0.15) is 349 Å². The number of carbonyl (C=O) groups is 4. The fraction of sp³-hybridized carbons (Fsp3) is 0.940. The van der Waals surface area contributed by atoms with E-state index < -0.39 is 97.5 Å². The Morgan fingerprint density at radius 3 is 0.733 bits per heavy atom. The van der Waals surface area contributed by atoms with Crippen molar-refractivity contribution in [3.05, 3.63) is 0 Å². The highest BCUT2D eigenvalue weighted by Crippen LogP contribution is 2.45. The number of phosphoric acid groups is 2. The molecule has 17 nitrogen and oxygen atoms in total. The minimum Gasteiger partial charge on any atom is -0.462 e. The van der Waals surface area contributed by atoms with Crippen molar-refractivity contribution in [2.24, 2.45) is 0 Å². The molecular weight excluding hydrogens is 1140 g/mol. The smallest absolute Gasteiger partial charge is 0.462 e. The van der Waals surface area contributed by atoms with Gasteiger partial charge in [0.05, 0.1) is 26.4 Å². The predicted octanol–water partition coefficient (Wildman–Crippen LogP) is 19.1. The molecule has 0 aliphatic rings. The molecule has 5 atom stereocenters. The lowest BCUT2D eigenvalue weighted by atomic mass is 10.0. The Bertz CT molecular complexity index is 1650. The molecule has 0 spiro atoms. The molecule has 0 aromatic heterocycles. The second-order valence-electron chi connectivity index (χ2n) is 24.2. The molecule has 0 radical (unpaired) electrons. The molecule has 0 rings (SSSR count). The van der Waals surface area contributed by atoms with E-state index >= 15 is 0 Å². The summed E-state index contributed by atoms with van der Waals surface area (Å²) in [7, 11) is -9.86. The zero-order chi connectivity index (χ0) is 63.3. The third kappa shape index (κ3) is 60.9. The average molecular weight is 1270 g/mol. The highest BCUT2D eigenvalue weighted by Gasteiger charge is 2.30. The number of phosphoric ester groups is 2. The lowest BCUT2D eigenvalue weighted by Crippen LogP contribution is -2.30. The van der Waals surface area contributed by atoms with Crippen molar-refractivity contribution in [1.82, 2.24) is 0 Å². The number of aliphatic hydroxyl groups is 1. The first-order valence-electron chi connectivity index (χ1n) is 35.3. The number of carbonyl (C=O) groups excluding carboxylic acids is 4. The number of ether oxygens (including phenoxy) is 4. The zero-order valence-electron chi connectivity index (χ0n) is 55.3. The fourth-order valence-electron chi connectivity index (χ4n) is 10.2. The first-order valence-corrected chi connectivity index (χ1v) is 38.3. The van der Waals surface area contributed by atoms with Crippen LogP contribution in [0.3, 0.4) is 0 Å². The first-order chi connectivity index (χ1) is 41.7. The van der Waals surface area contributed by atoms with Crippen LogP contribution in [0.2, 0.25) is 0 Å². The SMILES string of the molecule is CCCCCCCCCCCCCCCCCC(=O)OC[C@H](COP(=O)(O)OC[C@@H](O)COP(=O)(O)OC[C@@H](COC(=O)CCCCCCCCCCCCCCCCC)OC(=O)CCCCCCCCCCCCCCCCC)OC(=O)CCC. The van der Waals surface area contributed by atoms with Gasteiger partial charge in [0.15, 0.2) is 12.2 Å². The first kappa shape index (κ1) is 84.1. The number of unbranched alkanes of at least 4 members (excludes halogenated alkanes) is 42. The molecule has 0 heterocycles. The molecule has 86 heavy (non-hydrogen) atoms. The molecule has 0 aliphatic heterocycles. The van der Waals surface area contributed by atoms with Crippen LogP contribution in [0.15, 0.2) is 0 Å². The summed E-state index contributed by atoms with van der Waals surface area (Å²) in [6.45, 7) is 4.53. The number of rotatable bonds is 68. The highest BCUT2D eigenvalue weighted by molar-refractivity contribution is 7.47. The van der Waals surface area contributed by atoms with Gasteiger partial charge in [0.1, 0.15) is 19.3 Å². The molecule has 0 aromatic rings. The van der Waals surface area contributed by atoms with E-state index in [1.54, 1.807) is 6.92 Å². The van der Waals surface area contributed by atoms with E-state index in [2.05, 4.69) is 20.8 Å². The van der Waals surface area contributed by atoms with Crippen LogP contribution in [-0.2, 0) is 65.4 Å². The summed E-state index contributed by atoms with van der Waals surface area (Å²) in [4.78, 5) is 71.5. The Morgan fingerprint density at radius 2 is 0.488 bits per heavy atom. The zero-order valence-corrected chi connectivity index (χ0v) is 57.1. The number of aliphatic hydroxyl groups excluding tert-OH is 1. The van der Waals surface area contributed by atoms with Gasteiger partial charge in [0, 0.05) is 25.7 Å². The molecule has 510 valence electrons. The van der Waals surface area contributed by atoms with Crippen molar-refractivity contribution >= 4 is 39.5 Å². The number of esters is 4. The van der Waals surface area contributed by atoms with Gasteiger partial charge in [-0.1, -0.05) is 297 Å². The van der Waals surface area contributed by atoms with Crippen molar-refractivity contribution in [2.75, 3.05) is 39.6 Å². The van der Waals surface area contributed by atoms with Crippen molar-refractivity contribution in [2.45, 2.75) is 367 Å². The molecule has 0 fully saturated rings. The molecule has 0 saturated heterocycles. The summed E-state index contributed by atoms with van der Waals surface area (Å²) in [6, 6.07) is 0. The van der Waals surface area contributed by atoms with Gasteiger partial charge in [0.25, 0.3) is 0 Å². The van der Waals surface area contributed by atoms with E-state index in [9.17, 15) is 43.2 Å². The molecular formula is C67H130O17P2. The van der Waals surface area contributed by atoms with Gasteiger partial charge >= 0.3 is 39.5 Å². The molecule has 19 heteroatoms. The molecule has 3 N–H and O–H groups in total. The molecule has 0 amide bonds. The van der Waals surface area contributed by atoms with Gasteiger partial charge in [-0.2, -0.15) is 0 Å². The van der Waals surface area contributed by atoms with Crippen molar-refractivity contribution in [3.8, 4) is 0 Å². The van der Waals surface area contributed by atoms with E-state index in [0.717, 1.165) is 64.2 Å². The second-order valence-corrected chi connectivity index (χ2v) is 27.1. The van der Waals surface area contributed by atoms with E-state index in [1.165, 1.54) is 205 Å². The Balaban J connectivity index is 4.94. The van der Waals surface area contributed by atoms with Gasteiger partial charge < -0.3 is 33.8 Å². The van der Waals surface area contributed by atoms with E-state index in [-0.39, 0.29) is 25.7 Å². The van der Waals surface area contributed by atoms with Crippen LogP contribution < -0.4 is 0 Å². The van der Waals surface area contributed by atoms with Gasteiger partial charge in [0.2, 0.25) is 0 Å². The van der Waals surface area contributed by atoms with Crippen molar-refractivity contribution in [3.63, 3.8) is 0 Å². The van der Waals surface area contributed by atoms with Crippen molar-refractivity contribution < 1.29 is 80.2 Å². The Labute approximate surface area is 524 Å². The largest absolute Gasteiger partial charge is 0.472 e. The number of hydrogen-bond acceptors (Lipinski definition) is 15. The Hall–Kier alpha value is -1.94. The molecule has 0 aromatic carbocycles. The summed E-state index contributed by atoms with van der Waals surface area (Å²) < 4.78 is 67.4. The summed E-state index contributed by atoms with van der Waals surface area (Å²) in [5.74, 6) is -2.18. The Morgan fingerprint density at radius 1 is 0.279 bits per heavy atom. The van der Waals surface area contributed by atoms with Crippen LogP contribution in [0.5, 0.6) is 0 Å². The maximum Gasteiger partial charge on any atom is 0.472 e. The van der Waals surface area contributed by atoms with Gasteiger partial charge in [-0.05, 0) is 25.7 Å². The second kappa shape index (κ2) is 61.9. The standard InChI is InChI=1S/C67H130O17P2/c1-5-9-12-15-18-21-24-27-30-33-36-39-42-45-48-52-64(69)77-57-62(83-66(71)51-8-4)59-81-85(73,74)79-55-61(68)56-80-86(75,76)82-60-63(84-67(72)54-50-47-44-41-38-35-32-29-26-23-20-17-14-11-7-3)58-78-65(70)53-49-46-43-40-37-34-31-28-25-22-19-16-13-10-6-2/h61-63,68H,5-60H2,1-4H3,(H,73,74)(H,75,76)/t61-,62-,63-/m1/s1. The maximum atomic E-state index is 13.0. The molecule has 0 aliphatic carbocycles. The van der Waals surface area contributed by atoms with Crippen LogP contribution in [0.4, 0.5) is 0 Å². The third-order valence-corrected chi connectivity index (χ3v) is 17.5. The third-order valence-electron chi connectivity index (χ3n) is 15.6. The fourth-order valence-corrected chi connectivity index (χ4v) is 11.8. The van der Waals surface area contributed by atoms with Crippen LogP contribution in [-0.4, -0.2) is 96.7 Å². The topological polar surface area (TPSA) is 237 Å². The normalized spacial score (nSPS) is 14.1.